The third-order valence-corrected chi connectivity index (χ3v) is 6.21. The van der Waals surface area contributed by atoms with Crippen molar-refractivity contribution in [2.75, 3.05) is 37.9 Å². The summed E-state index contributed by atoms with van der Waals surface area (Å²) in [6.45, 7) is 2.96. The molecule has 2 aromatic carbocycles. The zero-order chi connectivity index (χ0) is 22.2. The molecule has 3 aromatic rings. The smallest absolute Gasteiger partial charge is 0.298 e. The minimum absolute atomic E-state index is 0.0150. The van der Waals surface area contributed by atoms with E-state index >= 15 is 0 Å². The molecule has 1 amide bonds. The molecule has 3 aliphatic heterocycles. The standard InChI is InChI=1S/C24H24N4O5/c29-23(22-14-17(26-33-22)12-16-6-7-20-21(13-16)31-15-30-20)27-8-3-9-28(11-10-27)24-25-18-4-1-2-5-19(18)32-24/h1-2,4-7,13,22H,3,8-12,14-15H2. The van der Waals surface area contributed by atoms with E-state index in [1.165, 1.54) is 0 Å². The minimum atomic E-state index is -0.565. The number of hydrogen-bond donors (Lipinski definition) is 0. The zero-order valence-electron chi connectivity index (χ0n) is 18.1. The molecule has 1 fully saturated rings. The van der Waals surface area contributed by atoms with Gasteiger partial charge in [0.25, 0.3) is 11.9 Å². The number of carbonyl (C=O) groups excluding carboxylic acids is 1. The SMILES string of the molecule is O=C(C1CC(Cc2ccc3c(c2)OCO3)=NO1)N1CCCN(c2nc3ccccc3o2)CC1. The van der Waals surface area contributed by atoms with E-state index in [0.29, 0.717) is 38.5 Å². The molecule has 1 aromatic heterocycles. The third kappa shape index (κ3) is 3.94. The van der Waals surface area contributed by atoms with Crippen LogP contribution in [0, 0.1) is 0 Å². The van der Waals surface area contributed by atoms with Gasteiger partial charge in [-0.25, -0.2) is 0 Å². The number of para-hydroxylation sites is 2. The Morgan fingerprint density at radius 2 is 1.94 bits per heavy atom. The van der Waals surface area contributed by atoms with Gasteiger partial charge < -0.3 is 28.5 Å². The van der Waals surface area contributed by atoms with Gasteiger partial charge in [-0.15, -0.1) is 0 Å². The molecule has 0 aliphatic carbocycles. The van der Waals surface area contributed by atoms with E-state index in [-0.39, 0.29) is 12.7 Å². The van der Waals surface area contributed by atoms with Crippen LogP contribution in [-0.4, -0.2) is 60.6 Å². The summed E-state index contributed by atoms with van der Waals surface area (Å²) in [6, 6.07) is 14.2. The molecule has 4 heterocycles. The van der Waals surface area contributed by atoms with Crippen molar-refractivity contribution in [3.63, 3.8) is 0 Å². The Morgan fingerprint density at radius 1 is 1.03 bits per heavy atom. The minimum Gasteiger partial charge on any atom is -0.454 e. The lowest BCUT2D eigenvalue weighted by molar-refractivity contribution is -0.141. The topological polar surface area (TPSA) is 89.6 Å². The van der Waals surface area contributed by atoms with Crippen LogP contribution in [0.5, 0.6) is 11.5 Å². The Bertz CT molecular complexity index is 1190. The second-order valence-electron chi connectivity index (χ2n) is 8.45. The summed E-state index contributed by atoms with van der Waals surface area (Å²) in [5.41, 5.74) is 3.53. The number of anilines is 1. The van der Waals surface area contributed by atoms with Crippen molar-refractivity contribution in [1.82, 2.24) is 9.88 Å². The van der Waals surface area contributed by atoms with Crippen LogP contribution >= 0.6 is 0 Å². The Morgan fingerprint density at radius 3 is 2.88 bits per heavy atom. The van der Waals surface area contributed by atoms with Crippen LogP contribution in [0.2, 0.25) is 0 Å². The maximum absolute atomic E-state index is 13.1. The number of oxazole rings is 1. The van der Waals surface area contributed by atoms with Gasteiger partial charge in [0.05, 0.1) is 5.71 Å². The molecule has 0 N–H and O–H groups in total. The van der Waals surface area contributed by atoms with Crippen molar-refractivity contribution >= 4 is 28.7 Å². The predicted octanol–water partition coefficient (Wildman–Crippen LogP) is 2.98. The highest BCUT2D eigenvalue weighted by Gasteiger charge is 2.33. The second kappa shape index (κ2) is 8.31. The third-order valence-electron chi connectivity index (χ3n) is 6.21. The lowest BCUT2D eigenvalue weighted by Crippen LogP contribution is -2.41. The van der Waals surface area contributed by atoms with Gasteiger partial charge >= 0.3 is 0 Å². The van der Waals surface area contributed by atoms with Crippen molar-refractivity contribution in [1.29, 1.82) is 0 Å². The molecule has 1 atom stereocenters. The summed E-state index contributed by atoms with van der Waals surface area (Å²) in [4.78, 5) is 27.2. The van der Waals surface area contributed by atoms with Crippen LogP contribution in [-0.2, 0) is 16.1 Å². The molecule has 0 radical (unpaired) electrons. The molecule has 9 nitrogen and oxygen atoms in total. The van der Waals surface area contributed by atoms with E-state index in [0.717, 1.165) is 46.8 Å². The van der Waals surface area contributed by atoms with Crippen LogP contribution in [0.25, 0.3) is 11.1 Å². The Kier molecular flexibility index (Phi) is 5.01. The highest BCUT2D eigenvalue weighted by atomic mass is 16.7. The number of rotatable bonds is 4. The molecular weight excluding hydrogens is 424 g/mol. The fourth-order valence-electron chi connectivity index (χ4n) is 4.48. The predicted molar refractivity (Wildman–Crippen MR) is 121 cm³/mol. The first-order chi connectivity index (χ1) is 16.2. The van der Waals surface area contributed by atoms with Crippen LogP contribution in [0.15, 0.2) is 52.0 Å². The molecule has 0 spiro atoms. The van der Waals surface area contributed by atoms with Crippen molar-refractivity contribution in [2.45, 2.75) is 25.4 Å². The number of ether oxygens (including phenoxy) is 2. The molecule has 9 heteroatoms. The lowest BCUT2D eigenvalue weighted by Gasteiger charge is -2.23. The number of aromatic nitrogens is 1. The Hall–Kier alpha value is -3.75. The van der Waals surface area contributed by atoms with Crippen LogP contribution in [0.1, 0.15) is 18.4 Å². The molecule has 3 aliphatic rings. The lowest BCUT2D eigenvalue weighted by atomic mass is 10.0. The quantitative estimate of drug-likeness (QED) is 0.606. The van der Waals surface area contributed by atoms with E-state index in [9.17, 15) is 4.79 Å². The maximum Gasteiger partial charge on any atom is 0.298 e. The number of carbonyl (C=O) groups is 1. The van der Waals surface area contributed by atoms with E-state index in [1.807, 2.05) is 47.4 Å². The van der Waals surface area contributed by atoms with Gasteiger partial charge in [0.1, 0.15) is 5.52 Å². The molecule has 0 saturated carbocycles. The average molecular weight is 448 g/mol. The summed E-state index contributed by atoms with van der Waals surface area (Å²) in [7, 11) is 0. The Labute approximate surface area is 190 Å². The van der Waals surface area contributed by atoms with Crippen molar-refractivity contribution < 1.29 is 23.5 Å². The Balaban J connectivity index is 1.05. The van der Waals surface area contributed by atoms with E-state index in [1.54, 1.807) is 0 Å². The van der Waals surface area contributed by atoms with Crippen LogP contribution < -0.4 is 14.4 Å². The van der Waals surface area contributed by atoms with Gasteiger partial charge in [-0.3, -0.25) is 4.79 Å². The first-order valence-electron chi connectivity index (χ1n) is 11.2. The molecule has 33 heavy (non-hydrogen) atoms. The van der Waals surface area contributed by atoms with Crippen molar-refractivity contribution in [2.24, 2.45) is 5.16 Å². The number of nitrogens with zero attached hydrogens (tertiary/aromatic N) is 4. The first kappa shape index (κ1) is 19.9. The van der Waals surface area contributed by atoms with Gasteiger partial charge in [-0.05, 0) is 36.2 Å². The van der Waals surface area contributed by atoms with Crippen molar-refractivity contribution in [3.05, 3.63) is 48.0 Å². The molecule has 6 rings (SSSR count). The maximum atomic E-state index is 13.1. The summed E-state index contributed by atoms with van der Waals surface area (Å²) in [5, 5.41) is 4.19. The highest BCUT2D eigenvalue weighted by molar-refractivity contribution is 5.94. The van der Waals surface area contributed by atoms with Crippen molar-refractivity contribution in [3.8, 4) is 11.5 Å². The van der Waals surface area contributed by atoms with E-state index in [2.05, 4.69) is 15.0 Å². The average Bonchev–Trinajstić information content (AvgIpc) is 3.55. The first-order valence-corrected chi connectivity index (χ1v) is 11.2. The molecule has 170 valence electrons. The second-order valence-corrected chi connectivity index (χ2v) is 8.45. The normalized spacial score (nSPS) is 20.0. The van der Waals surface area contributed by atoms with Gasteiger partial charge in [-0.1, -0.05) is 23.4 Å². The van der Waals surface area contributed by atoms with E-state index in [4.69, 9.17) is 18.7 Å². The van der Waals surface area contributed by atoms with Gasteiger partial charge in [0.15, 0.2) is 17.1 Å². The van der Waals surface area contributed by atoms with Gasteiger partial charge in [0.2, 0.25) is 12.9 Å². The monoisotopic (exact) mass is 448 g/mol. The van der Waals surface area contributed by atoms with Gasteiger partial charge in [-0.2, -0.15) is 4.98 Å². The van der Waals surface area contributed by atoms with Crippen LogP contribution in [0.4, 0.5) is 6.01 Å². The van der Waals surface area contributed by atoms with Gasteiger partial charge in [0, 0.05) is 39.0 Å². The molecule has 1 unspecified atom stereocenters. The van der Waals surface area contributed by atoms with E-state index < -0.39 is 6.10 Å². The highest BCUT2D eigenvalue weighted by Crippen LogP contribution is 2.33. The number of oxime groups is 1. The number of fused-ring (bicyclic) bond motifs is 2. The molecule has 0 bridgehead atoms. The summed E-state index contributed by atoms with van der Waals surface area (Å²) >= 11 is 0. The molecule has 1 saturated heterocycles. The fraction of sp³-hybridized carbons (Fsp3) is 0.375. The largest absolute Gasteiger partial charge is 0.454 e. The number of amides is 1. The fourth-order valence-corrected chi connectivity index (χ4v) is 4.48. The van der Waals surface area contributed by atoms with Crippen LogP contribution in [0.3, 0.4) is 0 Å². The molecular formula is C24H24N4O5. The number of hydrogen-bond acceptors (Lipinski definition) is 8. The summed E-state index contributed by atoms with van der Waals surface area (Å²) in [6.07, 6.45) is 1.39. The zero-order valence-corrected chi connectivity index (χ0v) is 18.1. The number of benzene rings is 2. The summed E-state index contributed by atoms with van der Waals surface area (Å²) in [5.74, 6) is 1.48. The summed E-state index contributed by atoms with van der Waals surface area (Å²) < 4.78 is 16.7.